The van der Waals surface area contributed by atoms with Crippen LogP contribution < -0.4 is 5.32 Å². The van der Waals surface area contributed by atoms with Gasteiger partial charge in [-0.2, -0.15) is 13.2 Å². The summed E-state index contributed by atoms with van der Waals surface area (Å²) in [6.45, 7) is 5.85. The Labute approximate surface area is 101 Å². The molecule has 0 aromatic carbocycles. The van der Waals surface area contributed by atoms with Crippen LogP contribution in [0.4, 0.5) is 13.2 Å². The predicted molar refractivity (Wildman–Crippen MR) is 60.7 cm³/mol. The number of nitrogens with one attached hydrogen (secondary N) is 1. The molecule has 5 heteroatoms. The third kappa shape index (κ3) is 4.14. The Morgan fingerprint density at radius 3 is 2.41 bits per heavy atom. The van der Waals surface area contributed by atoms with E-state index in [1.54, 1.807) is 0 Å². The van der Waals surface area contributed by atoms with E-state index in [1.807, 2.05) is 20.8 Å². The van der Waals surface area contributed by atoms with Crippen LogP contribution in [0.2, 0.25) is 0 Å². The van der Waals surface area contributed by atoms with Crippen molar-refractivity contribution in [1.82, 2.24) is 5.32 Å². The molecule has 2 N–H and O–H groups in total. The second-order valence-electron chi connectivity index (χ2n) is 5.70. The number of rotatable bonds is 5. The standard InChI is InChI=1S/C12H22F3NO/c1-8(5-4-6-12(13,14)15)16-9-7-10(17)11(9,2)3/h8-10,16-17H,4-7H2,1-3H3. The van der Waals surface area contributed by atoms with Crippen molar-refractivity contribution in [2.24, 2.45) is 5.41 Å². The fraction of sp³-hybridized carbons (Fsp3) is 1.00. The van der Waals surface area contributed by atoms with Crippen LogP contribution in [0.5, 0.6) is 0 Å². The minimum absolute atomic E-state index is 0.0640. The zero-order valence-electron chi connectivity index (χ0n) is 10.6. The molecule has 1 aliphatic rings. The SMILES string of the molecule is CC(CCCC(F)(F)F)NC1CC(O)C1(C)C. The summed E-state index contributed by atoms with van der Waals surface area (Å²) in [4.78, 5) is 0. The van der Waals surface area contributed by atoms with Gasteiger partial charge in [0, 0.05) is 23.9 Å². The van der Waals surface area contributed by atoms with Crippen molar-refractivity contribution in [3.63, 3.8) is 0 Å². The maximum Gasteiger partial charge on any atom is 0.389 e. The Morgan fingerprint density at radius 1 is 1.41 bits per heavy atom. The van der Waals surface area contributed by atoms with E-state index in [9.17, 15) is 18.3 Å². The molecule has 1 saturated carbocycles. The lowest BCUT2D eigenvalue weighted by molar-refractivity contribution is -0.136. The molecule has 1 fully saturated rings. The highest BCUT2D eigenvalue weighted by molar-refractivity contribution is 5.02. The molecule has 0 aromatic rings. The van der Waals surface area contributed by atoms with Gasteiger partial charge in [-0.15, -0.1) is 0 Å². The molecule has 102 valence electrons. The van der Waals surface area contributed by atoms with Gasteiger partial charge in [0.05, 0.1) is 6.10 Å². The third-order valence-corrected chi connectivity index (χ3v) is 3.80. The second-order valence-corrected chi connectivity index (χ2v) is 5.70. The molecule has 0 heterocycles. The smallest absolute Gasteiger partial charge is 0.389 e. The van der Waals surface area contributed by atoms with Gasteiger partial charge >= 0.3 is 6.18 Å². The van der Waals surface area contributed by atoms with Gasteiger partial charge in [-0.25, -0.2) is 0 Å². The van der Waals surface area contributed by atoms with E-state index in [2.05, 4.69) is 5.32 Å². The molecule has 0 amide bonds. The largest absolute Gasteiger partial charge is 0.392 e. The van der Waals surface area contributed by atoms with Gasteiger partial charge in [-0.3, -0.25) is 0 Å². The summed E-state index contributed by atoms with van der Waals surface area (Å²) < 4.78 is 35.9. The van der Waals surface area contributed by atoms with Crippen LogP contribution in [0.25, 0.3) is 0 Å². The van der Waals surface area contributed by atoms with Crippen molar-refractivity contribution in [3.8, 4) is 0 Å². The van der Waals surface area contributed by atoms with E-state index < -0.39 is 12.6 Å². The summed E-state index contributed by atoms with van der Waals surface area (Å²) in [5, 5.41) is 12.8. The molecule has 0 aliphatic heterocycles. The summed E-state index contributed by atoms with van der Waals surface area (Å²) in [5.74, 6) is 0. The number of hydrogen-bond acceptors (Lipinski definition) is 2. The number of hydrogen-bond donors (Lipinski definition) is 2. The molecule has 0 saturated heterocycles. The average Bonchev–Trinajstić information content (AvgIpc) is 2.15. The summed E-state index contributed by atoms with van der Waals surface area (Å²) in [5.41, 5.74) is -0.168. The summed E-state index contributed by atoms with van der Waals surface area (Å²) in [7, 11) is 0. The van der Waals surface area contributed by atoms with E-state index in [0.717, 1.165) is 0 Å². The van der Waals surface area contributed by atoms with Gasteiger partial charge in [0.25, 0.3) is 0 Å². The monoisotopic (exact) mass is 253 g/mol. The molecule has 2 nitrogen and oxygen atoms in total. The van der Waals surface area contributed by atoms with E-state index in [1.165, 1.54) is 0 Å². The fourth-order valence-corrected chi connectivity index (χ4v) is 2.22. The van der Waals surface area contributed by atoms with Gasteiger partial charge < -0.3 is 10.4 Å². The van der Waals surface area contributed by atoms with Gasteiger partial charge in [0.15, 0.2) is 0 Å². The summed E-state index contributed by atoms with van der Waals surface area (Å²) >= 11 is 0. The Balaban J connectivity index is 2.20. The third-order valence-electron chi connectivity index (χ3n) is 3.80. The predicted octanol–water partition coefficient (Wildman–Crippen LogP) is 2.86. The zero-order valence-corrected chi connectivity index (χ0v) is 10.6. The van der Waals surface area contributed by atoms with Crippen LogP contribution in [0.3, 0.4) is 0 Å². The molecule has 1 aliphatic carbocycles. The van der Waals surface area contributed by atoms with Crippen molar-refractivity contribution in [1.29, 1.82) is 0 Å². The highest BCUT2D eigenvalue weighted by atomic mass is 19.4. The molecule has 0 radical (unpaired) electrons. The van der Waals surface area contributed by atoms with Crippen molar-refractivity contribution in [3.05, 3.63) is 0 Å². The van der Waals surface area contributed by atoms with Crippen LogP contribution in [0.1, 0.15) is 46.5 Å². The topological polar surface area (TPSA) is 32.3 Å². The van der Waals surface area contributed by atoms with E-state index >= 15 is 0 Å². The molecule has 0 aromatic heterocycles. The van der Waals surface area contributed by atoms with Crippen LogP contribution in [0.15, 0.2) is 0 Å². The number of halogens is 3. The Hall–Kier alpha value is -0.290. The van der Waals surface area contributed by atoms with Crippen LogP contribution in [-0.4, -0.2) is 29.5 Å². The normalized spacial score (nSPS) is 29.8. The molecular weight excluding hydrogens is 231 g/mol. The first kappa shape index (κ1) is 14.8. The lowest BCUT2D eigenvalue weighted by Crippen LogP contribution is -2.61. The molecule has 3 unspecified atom stereocenters. The summed E-state index contributed by atoms with van der Waals surface area (Å²) in [6, 6.07) is 0.271. The highest BCUT2D eigenvalue weighted by Crippen LogP contribution is 2.40. The second kappa shape index (κ2) is 5.14. The van der Waals surface area contributed by atoms with Crippen LogP contribution in [0, 0.1) is 5.41 Å². The van der Waals surface area contributed by atoms with Crippen molar-refractivity contribution in [2.45, 2.75) is 70.8 Å². The van der Waals surface area contributed by atoms with Gasteiger partial charge in [0.2, 0.25) is 0 Å². The van der Waals surface area contributed by atoms with Crippen molar-refractivity contribution < 1.29 is 18.3 Å². The van der Waals surface area contributed by atoms with E-state index in [0.29, 0.717) is 12.8 Å². The lowest BCUT2D eigenvalue weighted by Gasteiger charge is -2.50. The van der Waals surface area contributed by atoms with Gasteiger partial charge in [0.1, 0.15) is 0 Å². The Morgan fingerprint density at radius 2 is 2.00 bits per heavy atom. The van der Waals surface area contributed by atoms with Gasteiger partial charge in [-0.1, -0.05) is 13.8 Å². The quantitative estimate of drug-likeness (QED) is 0.789. The molecule has 17 heavy (non-hydrogen) atoms. The van der Waals surface area contributed by atoms with E-state index in [4.69, 9.17) is 0 Å². The van der Waals surface area contributed by atoms with Crippen LogP contribution in [-0.2, 0) is 0 Å². The molecule has 0 bridgehead atoms. The van der Waals surface area contributed by atoms with E-state index in [-0.39, 0.29) is 30.0 Å². The minimum atomic E-state index is -4.05. The maximum atomic E-state index is 12.0. The fourth-order valence-electron chi connectivity index (χ4n) is 2.22. The maximum absolute atomic E-state index is 12.0. The molecule has 0 spiro atoms. The van der Waals surface area contributed by atoms with Crippen molar-refractivity contribution >= 4 is 0 Å². The molecular formula is C12H22F3NO. The number of aliphatic hydroxyl groups is 1. The zero-order chi connectivity index (χ0) is 13.3. The van der Waals surface area contributed by atoms with Gasteiger partial charge in [-0.05, 0) is 26.2 Å². The number of alkyl halides is 3. The van der Waals surface area contributed by atoms with Crippen LogP contribution >= 0.6 is 0 Å². The highest BCUT2D eigenvalue weighted by Gasteiger charge is 2.47. The molecule has 3 atom stereocenters. The number of aliphatic hydroxyl groups excluding tert-OH is 1. The first-order valence-corrected chi connectivity index (χ1v) is 6.14. The first-order chi connectivity index (χ1) is 7.63. The Bertz CT molecular complexity index is 253. The minimum Gasteiger partial charge on any atom is -0.392 e. The summed E-state index contributed by atoms with van der Waals surface area (Å²) in [6.07, 6.45) is -3.70. The molecule has 1 rings (SSSR count). The lowest BCUT2D eigenvalue weighted by atomic mass is 9.64. The average molecular weight is 253 g/mol. The first-order valence-electron chi connectivity index (χ1n) is 6.14. The van der Waals surface area contributed by atoms with Crippen molar-refractivity contribution in [2.75, 3.05) is 0 Å². The Kier molecular flexibility index (Phi) is 4.47.